The Labute approximate surface area is 265 Å². The van der Waals surface area contributed by atoms with E-state index in [0.29, 0.717) is 23.5 Å². The number of phenols is 1. The predicted octanol–water partition coefficient (Wildman–Crippen LogP) is 6.65. The molecule has 0 bridgehead atoms. The SMILES string of the molecule is Cc1cc(C(=O)NCCC(=O)N2Cc3ccccc3C#Cc3ccccc32)ccc1-c1c2ccc(=O)cc-2oc2cc(O)ccc12. The second kappa shape index (κ2) is 11.8. The van der Waals surface area contributed by atoms with Crippen LogP contribution in [0.15, 0.2) is 112 Å². The smallest absolute Gasteiger partial charge is 0.251 e. The lowest BCUT2D eigenvalue weighted by Crippen LogP contribution is -2.35. The van der Waals surface area contributed by atoms with Crippen LogP contribution < -0.4 is 15.6 Å². The molecule has 3 aliphatic rings. The number of aryl methyl sites for hydroxylation is 1. The summed E-state index contributed by atoms with van der Waals surface area (Å²) in [6.45, 7) is 2.47. The Kier molecular flexibility index (Phi) is 7.31. The Morgan fingerprint density at radius 3 is 2.48 bits per heavy atom. The number of fused-ring (bicyclic) bond motifs is 4. The van der Waals surface area contributed by atoms with E-state index >= 15 is 0 Å². The first kappa shape index (κ1) is 28.6. The van der Waals surface area contributed by atoms with E-state index in [1.54, 1.807) is 35.2 Å². The molecule has 0 spiro atoms. The number of hydrogen-bond donors (Lipinski definition) is 2. The topological polar surface area (TPSA) is 99.9 Å². The molecule has 2 N–H and O–H groups in total. The summed E-state index contributed by atoms with van der Waals surface area (Å²) in [7, 11) is 0. The average molecular weight is 605 g/mol. The highest BCUT2D eigenvalue weighted by Gasteiger charge is 2.22. The van der Waals surface area contributed by atoms with Gasteiger partial charge in [-0.25, -0.2) is 0 Å². The number of hydrogen-bond acceptors (Lipinski definition) is 5. The minimum Gasteiger partial charge on any atom is -0.508 e. The molecule has 4 aromatic rings. The van der Waals surface area contributed by atoms with Crippen molar-refractivity contribution in [2.45, 2.75) is 19.9 Å². The van der Waals surface area contributed by atoms with Gasteiger partial charge in [-0.05, 0) is 78.2 Å². The summed E-state index contributed by atoms with van der Waals surface area (Å²) in [6, 6.07) is 30.4. The van der Waals surface area contributed by atoms with Crippen LogP contribution in [-0.2, 0) is 11.3 Å². The van der Waals surface area contributed by atoms with Gasteiger partial charge in [0.05, 0.1) is 12.2 Å². The summed E-state index contributed by atoms with van der Waals surface area (Å²) in [6.07, 6.45) is 0.118. The first-order valence-corrected chi connectivity index (χ1v) is 14.9. The van der Waals surface area contributed by atoms with Crippen LogP contribution >= 0.6 is 0 Å². The van der Waals surface area contributed by atoms with E-state index in [-0.39, 0.29) is 36.0 Å². The molecule has 7 heteroatoms. The quantitative estimate of drug-likeness (QED) is 0.170. The molecule has 0 saturated carbocycles. The number of anilines is 1. The van der Waals surface area contributed by atoms with Crippen LogP contribution in [0.25, 0.3) is 33.4 Å². The molecule has 4 aromatic carbocycles. The summed E-state index contributed by atoms with van der Waals surface area (Å²) >= 11 is 0. The van der Waals surface area contributed by atoms with Crippen molar-refractivity contribution in [2.75, 3.05) is 11.4 Å². The Balaban J connectivity index is 1.11. The van der Waals surface area contributed by atoms with Gasteiger partial charge in [-0.3, -0.25) is 14.4 Å². The summed E-state index contributed by atoms with van der Waals surface area (Å²) in [4.78, 5) is 40.6. The third-order valence-corrected chi connectivity index (χ3v) is 8.23. The number of rotatable bonds is 5. The normalized spacial score (nSPS) is 12.0. The van der Waals surface area contributed by atoms with Gasteiger partial charge < -0.3 is 19.7 Å². The lowest BCUT2D eigenvalue weighted by atomic mass is 9.90. The van der Waals surface area contributed by atoms with Crippen LogP contribution in [0.1, 0.15) is 39.0 Å². The fourth-order valence-electron chi connectivity index (χ4n) is 5.96. The lowest BCUT2D eigenvalue weighted by molar-refractivity contribution is -0.118. The maximum absolute atomic E-state index is 13.5. The number of carbonyl (C=O) groups is 2. The van der Waals surface area contributed by atoms with Crippen LogP contribution in [0.4, 0.5) is 5.69 Å². The molecule has 0 saturated heterocycles. The maximum atomic E-state index is 13.5. The molecular weight excluding hydrogens is 576 g/mol. The van der Waals surface area contributed by atoms with E-state index < -0.39 is 0 Å². The van der Waals surface area contributed by atoms with Gasteiger partial charge in [-0.2, -0.15) is 0 Å². The molecule has 0 fully saturated rings. The molecule has 2 aliphatic heterocycles. The largest absolute Gasteiger partial charge is 0.508 e. The number of nitrogens with one attached hydrogen (secondary N) is 1. The van der Waals surface area contributed by atoms with Crippen LogP contribution in [0.3, 0.4) is 0 Å². The molecule has 2 amide bonds. The standard InChI is InChI=1S/C39H28N2O5/c1-24-20-27(12-15-31(24)38-32-16-13-29(42)21-35(32)46-36-22-30(43)14-17-33(36)38)39(45)40-19-18-37(44)41-23-28-8-3-2-6-25(28)10-11-26-7-4-5-9-34(26)41/h2-9,12-17,20-22,42H,18-19,23H2,1H3,(H,40,45). The van der Waals surface area contributed by atoms with Gasteiger partial charge >= 0.3 is 0 Å². The molecular formula is C39H28N2O5. The number of benzene rings is 5. The molecule has 0 radical (unpaired) electrons. The Morgan fingerprint density at radius 1 is 0.870 bits per heavy atom. The first-order valence-electron chi connectivity index (χ1n) is 14.9. The van der Waals surface area contributed by atoms with E-state index in [9.17, 15) is 19.5 Å². The minimum atomic E-state index is -0.287. The fourth-order valence-corrected chi connectivity index (χ4v) is 5.96. The summed E-state index contributed by atoms with van der Waals surface area (Å²) < 4.78 is 5.97. The molecule has 2 heterocycles. The number of para-hydroxylation sites is 1. The molecule has 7 nitrogen and oxygen atoms in total. The second-order valence-electron chi connectivity index (χ2n) is 11.3. The van der Waals surface area contributed by atoms with Gasteiger partial charge in [0.1, 0.15) is 17.1 Å². The van der Waals surface area contributed by atoms with Crippen LogP contribution in [0.5, 0.6) is 5.75 Å². The van der Waals surface area contributed by atoms with Crippen LogP contribution in [0, 0.1) is 18.8 Å². The Hall–Kier alpha value is -6.13. The van der Waals surface area contributed by atoms with E-state index in [2.05, 4.69) is 17.2 Å². The number of carbonyl (C=O) groups excluding carboxylic acids is 2. The van der Waals surface area contributed by atoms with Crippen molar-refractivity contribution in [1.29, 1.82) is 0 Å². The number of nitrogens with zero attached hydrogens (tertiary/aromatic N) is 1. The van der Waals surface area contributed by atoms with Crippen molar-refractivity contribution in [3.63, 3.8) is 0 Å². The van der Waals surface area contributed by atoms with Crippen LogP contribution in [-0.4, -0.2) is 23.5 Å². The first-order chi connectivity index (χ1) is 22.4. The van der Waals surface area contributed by atoms with Gasteiger partial charge in [0.2, 0.25) is 5.91 Å². The van der Waals surface area contributed by atoms with E-state index in [1.165, 1.54) is 18.2 Å². The van der Waals surface area contributed by atoms with E-state index in [4.69, 9.17) is 4.42 Å². The molecule has 46 heavy (non-hydrogen) atoms. The number of amides is 2. The highest BCUT2D eigenvalue weighted by Crippen LogP contribution is 2.41. The van der Waals surface area contributed by atoms with Gasteiger partial charge in [0, 0.05) is 58.3 Å². The predicted molar refractivity (Wildman–Crippen MR) is 178 cm³/mol. The van der Waals surface area contributed by atoms with Crippen molar-refractivity contribution in [3.8, 4) is 40.0 Å². The van der Waals surface area contributed by atoms with Crippen molar-refractivity contribution in [1.82, 2.24) is 5.32 Å². The van der Waals surface area contributed by atoms with E-state index in [1.807, 2.05) is 61.5 Å². The lowest BCUT2D eigenvalue weighted by Gasteiger charge is -2.26. The minimum absolute atomic E-state index is 0.0519. The van der Waals surface area contributed by atoms with Gasteiger partial charge in [0.15, 0.2) is 5.43 Å². The van der Waals surface area contributed by atoms with E-state index in [0.717, 1.165) is 50.0 Å². The van der Waals surface area contributed by atoms with Crippen molar-refractivity contribution < 1.29 is 19.1 Å². The Bertz CT molecular complexity index is 2270. The highest BCUT2D eigenvalue weighted by molar-refractivity contribution is 6.04. The molecule has 0 aromatic heterocycles. The molecule has 224 valence electrons. The van der Waals surface area contributed by atoms with Crippen molar-refractivity contribution in [3.05, 3.63) is 141 Å². The molecule has 1 aliphatic carbocycles. The summed E-state index contributed by atoms with van der Waals surface area (Å²) in [5, 5.41) is 13.7. The highest BCUT2D eigenvalue weighted by atomic mass is 16.3. The van der Waals surface area contributed by atoms with Crippen molar-refractivity contribution in [2.24, 2.45) is 0 Å². The number of aromatic hydroxyl groups is 1. The average Bonchev–Trinajstić information content (AvgIpc) is 3.04. The van der Waals surface area contributed by atoms with Crippen molar-refractivity contribution >= 4 is 28.5 Å². The zero-order chi connectivity index (χ0) is 31.8. The zero-order valence-electron chi connectivity index (χ0n) is 25.0. The Morgan fingerprint density at radius 2 is 1.63 bits per heavy atom. The van der Waals surface area contributed by atoms with Crippen LogP contribution in [0.2, 0.25) is 0 Å². The third-order valence-electron chi connectivity index (χ3n) is 8.23. The number of phenolic OH excluding ortho intramolecular Hbond substituents is 1. The summed E-state index contributed by atoms with van der Waals surface area (Å²) in [5.41, 5.74) is 7.40. The van der Waals surface area contributed by atoms with Gasteiger partial charge in [-0.1, -0.05) is 48.2 Å². The third kappa shape index (κ3) is 5.37. The molecule has 0 unspecified atom stereocenters. The monoisotopic (exact) mass is 604 g/mol. The van der Waals surface area contributed by atoms with Gasteiger partial charge in [-0.15, -0.1) is 0 Å². The molecule has 0 atom stereocenters. The second-order valence-corrected chi connectivity index (χ2v) is 11.3. The maximum Gasteiger partial charge on any atom is 0.251 e. The zero-order valence-corrected chi connectivity index (χ0v) is 25.0. The van der Waals surface area contributed by atoms with Gasteiger partial charge in [0.25, 0.3) is 5.91 Å². The summed E-state index contributed by atoms with van der Waals surface area (Å²) in [5.74, 6) is 6.49. The fraction of sp³-hybridized carbons (Fsp3) is 0.103. The molecule has 7 rings (SSSR count).